The van der Waals surface area contributed by atoms with Gasteiger partial charge in [0.15, 0.2) is 14.1 Å². The Morgan fingerprint density at radius 1 is 1.14 bits per heavy atom. The molecule has 2 aliphatic heterocycles. The monoisotopic (exact) mass is 495 g/mol. The first-order valence-corrected chi connectivity index (χ1v) is 15.8. The zero-order valence-corrected chi connectivity index (χ0v) is 24.4. The topological polar surface area (TPSA) is 35.7 Å². The van der Waals surface area contributed by atoms with Crippen LogP contribution in [0.5, 0.6) is 0 Å². The summed E-state index contributed by atoms with van der Waals surface area (Å²) in [5, 5.41) is 1.39. The summed E-state index contributed by atoms with van der Waals surface area (Å²) in [6, 6.07) is 9.64. The standard InChI is InChI=1S/C30H46N2O2Si/c1-18(2)35(19(3)4,20(5)6)34-17-26-24(21(7)22(8)33)15-29-30-25(16-28(26)31(29)9)23-13-11-12-14-27(23)32(30)10/h11-14,18-20,24,26,28-29H,7,15-17H2,1-6,8-10H3/p+1/t24-,26+,28-,29-/m0/s1. The van der Waals surface area contributed by atoms with E-state index in [1.165, 1.54) is 22.2 Å². The number of benzene rings is 1. The summed E-state index contributed by atoms with van der Waals surface area (Å²) in [6.45, 7) is 20.9. The first-order chi connectivity index (χ1) is 16.4. The fourth-order valence-corrected chi connectivity index (χ4v) is 13.6. The lowest BCUT2D eigenvalue weighted by Gasteiger charge is -2.51. The molecule has 1 aromatic heterocycles. The zero-order chi connectivity index (χ0) is 25.8. The van der Waals surface area contributed by atoms with E-state index in [9.17, 15) is 4.79 Å². The minimum absolute atomic E-state index is 0.134. The van der Waals surface area contributed by atoms with Crippen LogP contribution in [0, 0.1) is 11.8 Å². The number of para-hydroxylation sites is 1. The summed E-state index contributed by atoms with van der Waals surface area (Å²) < 4.78 is 9.61. The third-order valence-corrected chi connectivity index (χ3v) is 15.9. The van der Waals surface area contributed by atoms with E-state index in [0.29, 0.717) is 34.6 Å². The Balaban J connectivity index is 1.77. The maximum atomic E-state index is 12.6. The molecule has 1 fully saturated rings. The second-order valence-electron chi connectivity index (χ2n) is 12.3. The van der Waals surface area contributed by atoms with Gasteiger partial charge in [-0.15, -0.1) is 0 Å². The first kappa shape index (κ1) is 26.4. The van der Waals surface area contributed by atoms with Gasteiger partial charge in [0.1, 0.15) is 6.04 Å². The number of carbonyl (C=O) groups excluding carboxylic acids is 1. The molecule has 1 aromatic carbocycles. The van der Waals surface area contributed by atoms with Crippen molar-refractivity contribution < 1.29 is 14.1 Å². The molecule has 2 bridgehead atoms. The number of nitrogens with one attached hydrogen (secondary N) is 1. The predicted octanol–water partition coefficient (Wildman–Crippen LogP) is 5.63. The van der Waals surface area contributed by atoms with Crippen molar-refractivity contribution in [3.05, 3.63) is 47.7 Å². The summed E-state index contributed by atoms with van der Waals surface area (Å²) in [4.78, 5) is 14.2. The molecule has 5 heteroatoms. The van der Waals surface area contributed by atoms with Gasteiger partial charge in [-0.1, -0.05) is 66.3 Å². The Hall–Kier alpha value is -1.69. The number of fused-ring (bicyclic) bond motifs is 6. The highest BCUT2D eigenvalue weighted by Gasteiger charge is 2.53. The Labute approximate surface area is 213 Å². The molecule has 0 amide bonds. The molecule has 1 N–H and O–H groups in total. The molecule has 4 rings (SSSR count). The Bertz CT molecular complexity index is 1090. The van der Waals surface area contributed by atoms with Crippen molar-refractivity contribution in [1.29, 1.82) is 0 Å². The average Bonchev–Trinajstić information content (AvgIpc) is 3.06. The van der Waals surface area contributed by atoms with Crippen molar-refractivity contribution in [2.75, 3.05) is 13.7 Å². The van der Waals surface area contributed by atoms with E-state index in [-0.39, 0.29) is 11.7 Å². The summed E-state index contributed by atoms with van der Waals surface area (Å²) in [5.41, 5.74) is 6.74. The zero-order valence-electron chi connectivity index (χ0n) is 23.4. The van der Waals surface area contributed by atoms with E-state index in [1.807, 2.05) is 0 Å². The Morgan fingerprint density at radius 2 is 1.74 bits per heavy atom. The van der Waals surface area contributed by atoms with Crippen molar-refractivity contribution in [1.82, 2.24) is 4.57 Å². The Kier molecular flexibility index (Phi) is 7.27. The van der Waals surface area contributed by atoms with Crippen LogP contribution in [0.2, 0.25) is 16.6 Å². The van der Waals surface area contributed by atoms with Crippen LogP contribution in [0.15, 0.2) is 36.4 Å². The van der Waals surface area contributed by atoms with Crippen LogP contribution >= 0.6 is 0 Å². The maximum Gasteiger partial charge on any atom is 0.200 e. The molecule has 1 saturated heterocycles. The fourth-order valence-electron chi connectivity index (χ4n) is 8.14. The van der Waals surface area contributed by atoms with E-state index in [0.717, 1.165) is 25.0 Å². The van der Waals surface area contributed by atoms with Crippen molar-refractivity contribution in [2.45, 2.75) is 90.0 Å². The number of carbonyl (C=O) groups is 1. The number of aryl methyl sites for hydroxylation is 1. The molecule has 0 spiro atoms. The van der Waals surface area contributed by atoms with Crippen LogP contribution in [0.25, 0.3) is 10.9 Å². The van der Waals surface area contributed by atoms with Crippen LogP contribution in [0.1, 0.15) is 72.2 Å². The highest BCUT2D eigenvalue weighted by atomic mass is 28.4. The number of allylic oxidation sites excluding steroid dienone is 1. The SMILES string of the molecule is C=C(C(C)=O)[C@@H]1C[C@H]2c3c(c4ccccc4n3C)C[C@@H]([C@@H]1CO[Si](C(C)C)(C(C)C)C(C)C)[NH+]2C. The number of hydrogen-bond acceptors (Lipinski definition) is 2. The molecular formula is C30H47N2O2Si+. The molecule has 2 aliphatic rings. The average molecular weight is 496 g/mol. The van der Waals surface area contributed by atoms with Gasteiger partial charge in [0.05, 0.1) is 18.8 Å². The van der Waals surface area contributed by atoms with Crippen molar-refractivity contribution in [3.8, 4) is 0 Å². The molecule has 0 aliphatic carbocycles. The third kappa shape index (κ3) is 4.08. The summed E-state index contributed by atoms with van der Waals surface area (Å²) in [6.07, 6.45) is 2.00. The number of likely N-dealkylation sites (N-methyl/N-ethyl adjacent to an activating group) is 1. The fraction of sp³-hybridized carbons (Fsp3) is 0.633. The smallest absolute Gasteiger partial charge is 0.200 e. The van der Waals surface area contributed by atoms with Crippen LogP contribution in [-0.2, 0) is 22.7 Å². The van der Waals surface area contributed by atoms with E-state index >= 15 is 0 Å². The highest BCUT2D eigenvalue weighted by Crippen LogP contribution is 2.46. The van der Waals surface area contributed by atoms with Gasteiger partial charge in [0, 0.05) is 49.2 Å². The summed E-state index contributed by atoms with van der Waals surface area (Å²) in [7, 11) is 2.58. The lowest BCUT2D eigenvalue weighted by atomic mass is 9.68. The minimum atomic E-state index is -2.01. The molecule has 35 heavy (non-hydrogen) atoms. The molecule has 1 unspecified atom stereocenters. The molecule has 3 heterocycles. The summed E-state index contributed by atoms with van der Waals surface area (Å²) in [5.74, 6) is 0.614. The van der Waals surface area contributed by atoms with Crippen LogP contribution in [0.4, 0.5) is 0 Å². The van der Waals surface area contributed by atoms with Crippen molar-refractivity contribution in [2.24, 2.45) is 18.9 Å². The van der Waals surface area contributed by atoms with Gasteiger partial charge in [-0.25, -0.2) is 0 Å². The highest BCUT2D eigenvalue weighted by molar-refractivity contribution is 6.77. The predicted molar refractivity (Wildman–Crippen MR) is 148 cm³/mol. The van der Waals surface area contributed by atoms with Gasteiger partial charge in [-0.2, -0.15) is 0 Å². The molecule has 192 valence electrons. The Morgan fingerprint density at radius 3 is 2.31 bits per heavy atom. The number of aromatic nitrogens is 1. The number of nitrogens with zero attached hydrogens (tertiary/aromatic N) is 1. The normalized spacial score (nSPS) is 26.6. The summed E-state index contributed by atoms with van der Waals surface area (Å²) >= 11 is 0. The van der Waals surface area contributed by atoms with Crippen LogP contribution < -0.4 is 4.90 Å². The lowest BCUT2D eigenvalue weighted by molar-refractivity contribution is -0.951. The largest absolute Gasteiger partial charge is 0.415 e. The second-order valence-corrected chi connectivity index (χ2v) is 17.7. The molecule has 0 saturated carbocycles. The van der Waals surface area contributed by atoms with Crippen LogP contribution in [0.3, 0.4) is 0 Å². The van der Waals surface area contributed by atoms with Gasteiger partial charge in [-0.3, -0.25) is 4.79 Å². The van der Waals surface area contributed by atoms with Gasteiger partial charge < -0.3 is 13.9 Å². The van der Waals surface area contributed by atoms with Crippen molar-refractivity contribution >= 4 is 25.0 Å². The second kappa shape index (κ2) is 9.64. The molecule has 5 atom stereocenters. The molecule has 4 nitrogen and oxygen atoms in total. The van der Waals surface area contributed by atoms with Crippen LogP contribution in [-0.4, -0.2) is 38.4 Å². The van der Waals surface area contributed by atoms with Gasteiger partial charge >= 0.3 is 0 Å². The van der Waals surface area contributed by atoms with Gasteiger partial charge in [0.2, 0.25) is 0 Å². The number of rotatable bonds is 8. The van der Waals surface area contributed by atoms with Crippen molar-refractivity contribution in [3.63, 3.8) is 0 Å². The van der Waals surface area contributed by atoms with E-state index in [4.69, 9.17) is 4.43 Å². The third-order valence-electron chi connectivity index (χ3n) is 9.81. The molecule has 0 radical (unpaired) electrons. The number of piperidine rings is 1. The van der Waals surface area contributed by atoms with E-state index in [1.54, 1.807) is 11.8 Å². The number of quaternary nitrogens is 1. The first-order valence-electron chi connectivity index (χ1n) is 13.7. The number of ketones is 1. The molecular weight excluding hydrogens is 448 g/mol. The van der Waals surface area contributed by atoms with E-state index < -0.39 is 8.32 Å². The molecule has 2 aromatic rings. The van der Waals surface area contributed by atoms with Gasteiger partial charge in [0.25, 0.3) is 0 Å². The number of hydrogen-bond donors (Lipinski definition) is 1. The van der Waals surface area contributed by atoms with E-state index in [2.05, 4.69) is 91.0 Å². The minimum Gasteiger partial charge on any atom is -0.415 e. The maximum absolute atomic E-state index is 12.6. The number of Topliss-reactive ketones (excluding diaryl/α,β-unsaturated/α-hetero) is 1. The lowest BCUT2D eigenvalue weighted by Crippen LogP contribution is -3.16. The quantitative estimate of drug-likeness (QED) is 0.380. The van der Waals surface area contributed by atoms with Gasteiger partial charge in [-0.05, 0) is 40.8 Å².